The van der Waals surface area contributed by atoms with E-state index in [0.29, 0.717) is 6.42 Å². The maximum Gasteiger partial charge on any atom is 0.146 e. The molecule has 86 valence electrons. The number of hydrogen-bond donors (Lipinski definition) is 0. The Hall–Kier alpha value is -1.77. The summed E-state index contributed by atoms with van der Waals surface area (Å²) in [6.07, 6.45) is 3.37. The highest BCUT2D eigenvalue weighted by Crippen LogP contribution is 2.26. The molecule has 1 aromatic rings. The summed E-state index contributed by atoms with van der Waals surface area (Å²) in [5.74, 6) is 1.47. The lowest BCUT2D eigenvalue weighted by Crippen LogP contribution is -1.91. The summed E-state index contributed by atoms with van der Waals surface area (Å²) in [7, 11) is 3.21. The molecular weight excluding hydrogens is 204 g/mol. The fourth-order valence-corrected chi connectivity index (χ4v) is 1.37. The van der Waals surface area contributed by atoms with Crippen molar-refractivity contribution in [2.24, 2.45) is 0 Å². The molecule has 0 unspecified atom stereocenters. The van der Waals surface area contributed by atoms with Gasteiger partial charge < -0.3 is 9.47 Å². The molecule has 0 aliphatic carbocycles. The van der Waals surface area contributed by atoms with Crippen molar-refractivity contribution in [2.45, 2.75) is 13.3 Å². The molecule has 1 rings (SSSR count). The van der Waals surface area contributed by atoms with Crippen molar-refractivity contribution in [3.8, 4) is 11.5 Å². The lowest BCUT2D eigenvalue weighted by Gasteiger charge is -2.07. The highest BCUT2D eigenvalue weighted by Gasteiger charge is 2.03. The van der Waals surface area contributed by atoms with Gasteiger partial charge in [-0.3, -0.25) is 4.79 Å². The lowest BCUT2D eigenvalue weighted by molar-refractivity contribution is -0.104. The monoisotopic (exact) mass is 220 g/mol. The van der Waals surface area contributed by atoms with Crippen LogP contribution in [0.5, 0.6) is 11.5 Å². The van der Waals surface area contributed by atoms with Gasteiger partial charge in [0.1, 0.15) is 17.8 Å². The topological polar surface area (TPSA) is 35.5 Å². The van der Waals surface area contributed by atoms with Crippen LogP contribution in [0.2, 0.25) is 0 Å². The summed E-state index contributed by atoms with van der Waals surface area (Å²) in [5.41, 5.74) is 1.58. The van der Waals surface area contributed by atoms with E-state index in [9.17, 15) is 4.79 Å². The van der Waals surface area contributed by atoms with Crippen LogP contribution in [0, 0.1) is 0 Å². The number of benzene rings is 1. The minimum atomic E-state index is 0.698. The van der Waals surface area contributed by atoms with Crippen molar-refractivity contribution < 1.29 is 14.3 Å². The first-order chi connectivity index (χ1) is 7.74. The molecule has 0 bridgehead atoms. The normalized spacial score (nSPS) is 11.1. The molecule has 0 radical (unpaired) electrons. The molecule has 3 heteroatoms. The molecule has 0 saturated heterocycles. The van der Waals surface area contributed by atoms with Crippen molar-refractivity contribution in [3.05, 3.63) is 29.3 Å². The van der Waals surface area contributed by atoms with Gasteiger partial charge in [-0.25, -0.2) is 0 Å². The van der Waals surface area contributed by atoms with E-state index in [2.05, 4.69) is 0 Å². The van der Waals surface area contributed by atoms with Gasteiger partial charge in [0.05, 0.1) is 14.2 Å². The summed E-state index contributed by atoms with van der Waals surface area (Å²) in [6, 6.07) is 5.49. The number of rotatable bonds is 5. The quantitative estimate of drug-likeness (QED) is 0.565. The molecule has 0 amide bonds. The van der Waals surface area contributed by atoms with E-state index >= 15 is 0 Å². The van der Waals surface area contributed by atoms with E-state index < -0.39 is 0 Å². The van der Waals surface area contributed by atoms with Gasteiger partial charge in [0.25, 0.3) is 0 Å². The highest BCUT2D eigenvalue weighted by molar-refractivity contribution is 5.82. The van der Waals surface area contributed by atoms with Crippen LogP contribution in [-0.4, -0.2) is 20.5 Å². The minimum Gasteiger partial charge on any atom is -0.497 e. The molecule has 0 saturated carbocycles. The Morgan fingerprint density at radius 1 is 1.31 bits per heavy atom. The van der Waals surface area contributed by atoms with E-state index in [4.69, 9.17) is 9.47 Å². The average Bonchev–Trinajstić information content (AvgIpc) is 2.35. The van der Waals surface area contributed by atoms with E-state index in [-0.39, 0.29) is 0 Å². The Bertz CT molecular complexity index is 394. The summed E-state index contributed by atoms with van der Waals surface area (Å²) < 4.78 is 10.3. The van der Waals surface area contributed by atoms with Gasteiger partial charge in [0.2, 0.25) is 0 Å². The summed E-state index contributed by atoms with van der Waals surface area (Å²) in [6.45, 7) is 1.94. The Morgan fingerprint density at radius 3 is 2.56 bits per heavy atom. The Morgan fingerprint density at radius 2 is 2.06 bits per heavy atom. The summed E-state index contributed by atoms with van der Waals surface area (Å²) in [4.78, 5) is 10.8. The van der Waals surface area contributed by atoms with Gasteiger partial charge in [-0.05, 0) is 36.3 Å². The second-order valence-corrected chi connectivity index (χ2v) is 3.30. The third-order valence-corrected chi connectivity index (χ3v) is 2.34. The first kappa shape index (κ1) is 12.3. The Kier molecular flexibility index (Phi) is 4.58. The predicted octanol–water partition coefficient (Wildman–Crippen LogP) is 2.70. The van der Waals surface area contributed by atoms with Crippen LogP contribution in [0.1, 0.15) is 18.9 Å². The zero-order valence-corrected chi connectivity index (χ0v) is 9.82. The van der Waals surface area contributed by atoms with E-state index in [1.54, 1.807) is 14.2 Å². The van der Waals surface area contributed by atoms with Crippen molar-refractivity contribution in [3.63, 3.8) is 0 Å². The maximum atomic E-state index is 10.8. The van der Waals surface area contributed by atoms with Gasteiger partial charge >= 0.3 is 0 Å². The molecule has 3 nitrogen and oxygen atoms in total. The summed E-state index contributed by atoms with van der Waals surface area (Å²) in [5, 5.41) is 0. The standard InChI is InChI=1S/C13H16O3/c1-4-10(9-14)7-11-8-12(15-2)5-6-13(11)16-3/h5-9H,4H2,1-3H3. The number of ether oxygens (including phenoxy) is 2. The van der Waals surface area contributed by atoms with Crippen molar-refractivity contribution in [1.82, 2.24) is 0 Å². The smallest absolute Gasteiger partial charge is 0.146 e. The number of hydrogen-bond acceptors (Lipinski definition) is 3. The summed E-state index contributed by atoms with van der Waals surface area (Å²) >= 11 is 0. The van der Waals surface area contributed by atoms with Crippen LogP contribution in [0.25, 0.3) is 6.08 Å². The maximum absolute atomic E-state index is 10.8. The van der Waals surface area contributed by atoms with Gasteiger partial charge in [0, 0.05) is 5.56 Å². The molecule has 0 aliphatic rings. The van der Waals surface area contributed by atoms with Crippen LogP contribution in [0.15, 0.2) is 23.8 Å². The molecular formula is C13H16O3. The van der Waals surface area contributed by atoms with Crippen molar-refractivity contribution >= 4 is 12.4 Å². The van der Waals surface area contributed by atoms with Crippen LogP contribution < -0.4 is 9.47 Å². The molecule has 0 atom stereocenters. The molecule has 0 fully saturated rings. The fourth-order valence-electron chi connectivity index (χ4n) is 1.37. The second-order valence-electron chi connectivity index (χ2n) is 3.30. The first-order valence-electron chi connectivity index (χ1n) is 5.13. The predicted molar refractivity (Wildman–Crippen MR) is 63.9 cm³/mol. The van der Waals surface area contributed by atoms with Crippen LogP contribution in [0.3, 0.4) is 0 Å². The second kappa shape index (κ2) is 5.95. The highest BCUT2D eigenvalue weighted by atomic mass is 16.5. The van der Waals surface area contributed by atoms with Gasteiger partial charge in [-0.1, -0.05) is 6.92 Å². The molecule has 1 aromatic carbocycles. The Labute approximate surface area is 95.7 Å². The van der Waals surface area contributed by atoms with E-state index in [1.165, 1.54) is 0 Å². The van der Waals surface area contributed by atoms with E-state index in [1.807, 2.05) is 31.2 Å². The van der Waals surface area contributed by atoms with Gasteiger partial charge in [-0.2, -0.15) is 0 Å². The molecule has 0 spiro atoms. The van der Waals surface area contributed by atoms with Gasteiger partial charge in [-0.15, -0.1) is 0 Å². The minimum absolute atomic E-state index is 0.698. The largest absolute Gasteiger partial charge is 0.497 e. The fraction of sp³-hybridized carbons (Fsp3) is 0.308. The van der Waals surface area contributed by atoms with Crippen LogP contribution >= 0.6 is 0 Å². The average molecular weight is 220 g/mol. The number of aldehydes is 1. The first-order valence-corrected chi connectivity index (χ1v) is 5.13. The van der Waals surface area contributed by atoms with Crippen molar-refractivity contribution in [2.75, 3.05) is 14.2 Å². The third-order valence-electron chi connectivity index (χ3n) is 2.34. The number of carbonyl (C=O) groups excluding carboxylic acids is 1. The van der Waals surface area contributed by atoms with E-state index in [0.717, 1.165) is 28.9 Å². The molecule has 0 N–H and O–H groups in total. The molecule has 16 heavy (non-hydrogen) atoms. The molecule has 0 heterocycles. The van der Waals surface area contributed by atoms with Crippen LogP contribution in [-0.2, 0) is 4.79 Å². The SMILES string of the molecule is CCC(C=O)=Cc1cc(OC)ccc1OC. The molecule has 0 aromatic heterocycles. The zero-order valence-electron chi connectivity index (χ0n) is 9.82. The Balaban J connectivity index is 3.17. The third kappa shape index (κ3) is 2.86. The molecule has 0 aliphatic heterocycles. The number of allylic oxidation sites excluding steroid dienone is 1. The lowest BCUT2D eigenvalue weighted by atomic mass is 10.1. The van der Waals surface area contributed by atoms with Crippen molar-refractivity contribution in [1.29, 1.82) is 0 Å². The zero-order chi connectivity index (χ0) is 12.0. The number of carbonyl (C=O) groups is 1. The van der Waals surface area contributed by atoms with Gasteiger partial charge in [0.15, 0.2) is 0 Å². The number of methoxy groups -OCH3 is 2. The van der Waals surface area contributed by atoms with Crippen LogP contribution in [0.4, 0.5) is 0 Å².